The van der Waals surface area contributed by atoms with Crippen LogP contribution in [0.4, 0.5) is 0 Å². The summed E-state index contributed by atoms with van der Waals surface area (Å²) in [5.74, 6) is 3.24. The minimum Gasteiger partial charge on any atom is -0.481 e. The van der Waals surface area contributed by atoms with Gasteiger partial charge in [0.1, 0.15) is 12.4 Å². The van der Waals surface area contributed by atoms with Crippen LogP contribution in [0.15, 0.2) is 24.3 Å². The molecule has 0 unspecified atom stereocenters. The molecule has 0 aromatic heterocycles. The predicted octanol–water partition coefficient (Wildman–Crippen LogP) is 2.30. The molecule has 0 atom stereocenters. The molecule has 2 heteroatoms. The maximum atomic E-state index is 5.20. The fourth-order valence-corrected chi connectivity index (χ4v) is 1.20. The first kappa shape index (κ1) is 8.41. The highest BCUT2D eigenvalue weighted by Gasteiger charge is 1.91. The summed E-state index contributed by atoms with van der Waals surface area (Å²) in [6, 6.07) is 7.77. The van der Waals surface area contributed by atoms with Crippen molar-refractivity contribution in [2.45, 2.75) is 0 Å². The summed E-state index contributed by atoms with van der Waals surface area (Å²) in [5, 5.41) is 0. The first-order valence-corrected chi connectivity index (χ1v) is 4.22. The van der Waals surface area contributed by atoms with Crippen molar-refractivity contribution < 1.29 is 4.74 Å². The molecule has 0 N–H and O–H groups in total. The smallest absolute Gasteiger partial charge is 0.148 e. The molecule has 0 saturated heterocycles. The highest BCUT2D eigenvalue weighted by Crippen LogP contribution is 2.14. The zero-order valence-corrected chi connectivity index (χ0v) is 8.04. The first-order chi connectivity index (χ1) is 5.33. The second-order valence-electron chi connectivity index (χ2n) is 1.95. The maximum Gasteiger partial charge on any atom is 0.148 e. The molecule has 0 amide bonds. The van der Waals surface area contributed by atoms with Crippen molar-refractivity contribution in [1.29, 1.82) is 0 Å². The molecule has 0 heterocycles. The Hall–Kier alpha value is -0.690. The average molecular weight is 258 g/mol. The third-order valence-electron chi connectivity index (χ3n) is 1.12. The van der Waals surface area contributed by atoms with Gasteiger partial charge in [0.05, 0.1) is 0 Å². The Labute approximate surface area is 79.9 Å². The van der Waals surface area contributed by atoms with Gasteiger partial charge in [-0.3, -0.25) is 0 Å². The number of terminal acetylenes is 1. The van der Waals surface area contributed by atoms with Gasteiger partial charge in [0, 0.05) is 3.57 Å². The third-order valence-corrected chi connectivity index (χ3v) is 1.79. The van der Waals surface area contributed by atoms with E-state index < -0.39 is 0 Å². The molecule has 0 saturated carbocycles. The van der Waals surface area contributed by atoms with Gasteiger partial charge in [-0.05, 0) is 40.8 Å². The minimum absolute atomic E-state index is 0.333. The summed E-state index contributed by atoms with van der Waals surface area (Å²) in [7, 11) is 0. The van der Waals surface area contributed by atoms with Crippen molar-refractivity contribution >= 4 is 22.6 Å². The zero-order chi connectivity index (χ0) is 8.10. The Morgan fingerprint density at radius 1 is 1.55 bits per heavy atom. The van der Waals surface area contributed by atoms with Crippen LogP contribution in [-0.2, 0) is 0 Å². The summed E-state index contributed by atoms with van der Waals surface area (Å²) >= 11 is 2.23. The van der Waals surface area contributed by atoms with Crippen LogP contribution in [-0.4, -0.2) is 6.61 Å². The summed E-state index contributed by atoms with van der Waals surface area (Å²) < 4.78 is 6.35. The number of benzene rings is 1. The number of hydrogen-bond donors (Lipinski definition) is 0. The molecular weight excluding hydrogens is 251 g/mol. The van der Waals surface area contributed by atoms with E-state index in [1.807, 2.05) is 24.3 Å². The lowest BCUT2D eigenvalue weighted by Crippen LogP contribution is -1.92. The van der Waals surface area contributed by atoms with Gasteiger partial charge >= 0.3 is 0 Å². The van der Waals surface area contributed by atoms with Gasteiger partial charge in [-0.1, -0.05) is 12.0 Å². The molecule has 56 valence electrons. The van der Waals surface area contributed by atoms with Crippen molar-refractivity contribution in [3.8, 4) is 18.1 Å². The van der Waals surface area contributed by atoms with Crippen molar-refractivity contribution in [3.63, 3.8) is 0 Å². The fraction of sp³-hybridized carbons (Fsp3) is 0.111. The van der Waals surface area contributed by atoms with Crippen molar-refractivity contribution in [2.24, 2.45) is 0 Å². The van der Waals surface area contributed by atoms with Crippen LogP contribution in [0.1, 0.15) is 0 Å². The Morgan fingerprint density at radius 2 is 2.36 bits per heavy atom. The summed E-state index contributed by atoms with van der Waals surface area (Å²) in [6.45, 7) is 0.333. The lowest BCUT2D eigenvalue weighted by atomic mass is 10.3. The topological polar surface area (TPSA) is 9.23 Å². The Bertz CT molecular complexity index is 275. The fourth-order valence-electron chi connectivity index (χ4n) is 0.682. The van der Waals surface area contributed by atoms with Gasteiger partial charge in [0.2, 0.25) is 0 Å². The SMILES string of the molecule is C#CCOc1cccc(I)c1. The second-order valence-corrected chi connectivity index (χ2v) is 3.20. The van der Waals surface area contributed by atoms with Gasteiger partial charge in [-0.25, -0.2) is 0 Å². The molecule has 0 fully saturated rings. The monoisotopic (exact) mass is 258 g/mol. The van der Waals surface area contributed by atoms with E-state index in [1.165, 1.54) is 0 Å². The van der Waals surface area contributed by atoms with Crippen LogP contribution >= 0.6 is 22.6 Å². The van der Waals surface area contributed by atoms with E-state index in [0.29, 0.717) is 6.61 Å². The molecular formula is C9H7IO. The first-order valence-electron chi connectivity index (χ1n) is 3.15. The van der Waals surface area contributed by atoms with Crippen molar-refractivity contribution in [2.75, 3.05) is 6.61 Å². The predicted molar refractivity (Wildman–Crippen MR) is 53.5 cm³/mol. The number of ether oxygens (including phenoxy) is 1. The third kappa shape index (κ3) is 2.81. The maximum absolute atomic E-state index is 5.20. The van der Waals surface area contributed by atoms with Crippen molar-refractivity contribution in [3.05, 3.63) is 27.8 Å². The minimum atomic E-state index is 0.333. The van der Waals surface area contributed by atoms with E-state index in [4.69, 9.17) is 11.2 Å². The van der Waals surface area contributed by atoms with E-state index in [1.54, 1.807) is 0 Å². The summed E-state index contributed by atoms with van der Waals surface area (Å²) in [4.78, 5) is 0. The van der Waals surface area contributed by atoms with Gasteiger partial charge in [-0.2, -0.15) is 0 Å². The molecule has 1 rings (SSSR count). The molecule has 11 heavy (non-hydrogen) atoms. The van der Waals surface area contributed by atoms with Crippen LogP contribution in [0.25, 0.3) is 0 Å². The number of rotatable bonds is 2. The normalized spacial score (nSPS) is 8.73. The van der Waals surface area contributed by atoms with Gasteiger partial charge in [-0.15, -0.1) is 6.42 Å². The molecule has 1 nitrogen and oxygen atoms in total. The molecule has 0 aliphatic carbocycles. The van der Waals surface area contributed by atoms with E-state index >= 15 is 0 Å². The molecule has 1 aromatic carbocycles. The molecule has 0 aliphatic rings. The highest BCUT2D eigenvalue weighted by atomic mass is 127. The lowest BCUT2D eigenvalue weighted by molar-refractivity contribution is 0.370. The number of hydrogen-bond acceptors (Lipinski definition) is 1. The van der Waals surface area contributed by atoms with E-state index in [-0.39, 0.29) is 0 Å². The average Bonchev–Trinajstić information content (AvgIpc) is 2.01. The van der Waals surface area contributed by atoms with Gasteiger partial charge in [0.15, 0.2) is 0 Å². The van der Waals surface area contributed by atoms with Gasteiger partial charge in [0.25, 0.3) is 0 Å². The van der Waals surface area contributed by atoms with Crippen molar-refractivity contribution in [1.82, 2.24) is 0 Å². The quantitative estimate of drug-likeness (QED) is 0.584. The zero-order valence-electron chi connectivity index (χ0n) is 5.88. The summed E-state index contributed by atoms with van der Waals surface area (Å²) in [5.41, 5.74) is 0. The van der Waals surface area contributed by atoms with E-state index in [2.05, 4.69) is 28.5 Å². The van der Waals surface area contributed by atoms with Crippen LogP contribution < -0.4 is 4.74 Å². The molecule has 0 radical (unpaired) electrons. The van der Waals surface area contributed by atoms with Crippen LogP contribution in [0.3, 0.4) is 0 Å². The van der Waals surface area contributed by atoms with Crippen LogP contribution in [0.2, 0.25) is 0 Å². The molecule has 1 aromatic rings. The number of halogens is 1. The standard InChI is InChI=1S/C9H7IO/c1-2-6-11-9-5-3-4-8(10)7-9/h1,3-5,7H,6H2. The Balaban J connectivity index is 2.65. The second kappa shape index (κ2) is 4.24. The molecule has 0 aliphatic heterocycles. The molecule has 0 bridgehead atoms. The van der Waals surface area contributed by atoms with Gasteiger partial charge < -0.3 is 4.74 Å². The van der Waals surface area contributed by atoms with Crippen LogP contribution in [0.5, 0.6) is 5.75 Å². The molecule has 0 spiro atoms. The Kier molecular flexibility index (Phi) is 3.24. The largest absolute Gasteiger partial charge is 0.481 e. The lowest BCUT2D eigenvalue weighted by Gasteiger charge is -2.00. The summed E-state index contributed by atoms with van der Waals surface area (Å²) in [6.07, 6.45) is 5.04. The van der Waals surface area contributed by atoms with E-state index in [9.17, 15) is 0 Å². The van der Waals surface area contributed by atoms with E-state index in [0.717, 1.165) is 9.32 Å². The Morgan fingerprint density at radius 3 is 3.00 bits per heavy atom. The highest BCUT2D eigenvalue weighted by molar-refractivity contribution is 14.1. The van der Waals surface area contributed by atoms with Crippen LogP contribution in [0, 0.1) is 15.9 Å².